The van der Waals surface area contributed by atoms with E-state index in [0.29, 0.717) is 6.07 Å². The molecule has 182 valence electrons. The zero-order chi connectivity index (χ0) is 25.1. The monoisotopic (exact) mass is 489 g/mol. The Hall–Kier alpha value is -3.03. The van der Waals surface area contributed by atoms with Crippen molar-refractivity contribution in [3.05, 3.63) is 59.0 Å². The normalized spacial score (nSPS) is 19.0. The fraction of sp³-hybridized carbons (Fsp3) is 0.368. The number of carbonyl (C=O) groups is 1. The number of carboxylic acid groups (broad SMARTS) is 1. The number of carboxylic acids is 1. The van der Waals surface area contributed by atoms with Gasteiger partial charge in [0, 0.05) is 37.3 Å². The first-order chi connectivity index (χ1) is 15.1. The van der Waals surface area contributed by atoms with Crippen LogP contribution in [-0.4, -0.2) is 41.4 Å². The number of aliphatic carboxylic acids is 1. The molecule has 1 aliphatic rings. The Morgan fingerprint density at radius 2 is 1.61 bits per heavy atom. The highest BCUT2D eigenvalue weighted by atomic mass is 19.4. The lowest BCUT2D eigenvalue weighted by Crippen LogP contribution is -2.48. The van der Waals surface area contributed by atoms with Crippen LogP contribution in [0.1, 0.15) is 23.5 Å². The zero-order valence-corrected chi connectivity index (χ0v) is 16.4. The third kappa shape index (κ3) is 6.73. The van der Waals surface area contributed by atoms with Crippen LogP contribution in [0, 0.1) is 17.5 Å². The van der Waals surface area contributed by atoms with E-state index < -0.39 is 53.3 Å². The van der Waals surface area contributed by atoms with Crippen molar-refractivity contribution >= 4 is 11.8 Å². The molecule has 5 nitrogen and oxygen atoms in total. The molecule has 1 aliphatic heterocycles. The van der Waals surface area contributed by atoms with Gasteiger partial charge >= 0.3 is 18.3 Å². The predicted molar refractivity (Wildman–Crippen MR) is 96.8 cm³/mol. The molecule has 0 saturated carbocycles. The van der Waals surface area contributed by atoms with Crippen LogP contribution in [0.15, 0.2) is 30.5 Å². The van der Waals surface area contributed by atoms with Gasteiger partial charge in [-0.05, 0) is 30.2 Å². The smallest absolute Gasteiger partial charge is 0.475 e. The Morgan fingerprint density at radius 1 is 1.03 bits per heavy atom. The molecule has 1 aromatic carbocycles. The van der Waals surface area contributed by atoms with Crippen molar-refractivity contribution in [1.29, 1.82) is 0 Å². The summed E-state index contributed by atoms with van der Waals surface area (Å²) >= 11 is 0. The summed E-state index contributed by atoms with van der Waals surface area (Å²) in [5.74, 6) is -6.57. The second kappa shape index (κ2) is 9.85. The number of nitrogens with zero attached hydrogens (tertiary/aromatic N) is 2. The molecule has 0 bridgehead atoms. The lowest BCUT2D eigenvalue weighted by Gasteiger charge is -2.37. The number of pyridine rings is 1. The van der Waals surface area contributed by atoms with Crippen LogP contribution >= 0.6 is 0 Å². The van der Waals surface area contributed by atoms with Crippen LogP contribution in [0.4, 0.5) is 45.3 Å². The van der Waals surface area contributed by atoms with Gasteiger partial charge in [0.2, 0.25) is 0 Å². The van der Waals surface area contributed by atoms with Crippen molar-refractivity contribution in [2.45, 2.75) is 30.7 Å². The van der Waals surface area contributed by atoms with E-state index in [9.17, 15) is 39.5 Å². The molecule has 0 spiro atoms. The summed E-state index contributed by atoms with van der Waals surface area (Å²) in [6.45, 7) is 0.364. The second-order valence-electron chi connectivity index (χ2n) is 7.00. The Kier molecular flexibility index (Phi) is 7.83. The highest BCUT2D eigenvalue weighted by Gasteiger charge is 2.38. The molecule has 3 rings (SSSR count). The molecule has 3 N–H and O–H groups in total. The maximum Gasteiger partial charge on any atom is 0.490 e. The number of anilines is 1. The minimum Gasteiger partial charge on any atom is -0.475 e. The predicted octanol–water partition coefficient (Wildman–Crippen LogP) is 4.47. The van der Waals surface area contributed by atoms with Crippen molar-refractivity contribution in [2.24, 2.45) is 5.73 Å². The Bertz CT molecular complexity index is 995. The van der Waals surface area contributed by atoms with Crippen molar-refractivity contribution in [3.63, 3.8) is 0 Å². The van der Waals surface area contributed by atoms with Crippen LogP contribution in [0.25, 0.3) is 0 Å². The van der Waals surface area contributed by atoms with Crippen LogP contribution < -0.4 is 10.6 Å². The minimum absolute atomic E-state index is 0.0342. The van der Waals surface area contributed by atoms with E-state index >= 15 is 0 Å². The number of piperidine rings is 1. The van der Waals surface area contributed by atoms with E-state index in [1.165, 1.54) is 0 Å². The molecule has 1 saturated heterocycles. The summed E-state index contributed by atoms with van der Waals surface area (Å²) in [5.41, 5.74) is 5.18. The summed E-state index contributed by atoms with van der Waals surface area (Å²) in [5, 5.41) is 7.12. The molecule has 1 fully saturated rings. The quantitative estimate of drug-likeness (QED) is 0.481. The topological polar surface area (TPSA) is 79.5 Å². The number of alkyl halides is 6. The summed E-state index contributed by atoms with van der Waals surface area (Å²) in [6.07, 6.45) is -8.25. The number of benzene rings is 1. The van der Waals surface area contributed by atoms with E-state index in [4.69, 9.17) is 15.6 Å². The van der Waals surface area contributed by atoms with Gasteiger partial charge in [0.1, 0.15) is 11.6 Å². The fourth-order valence-corrected chi connectivity index (χ4v) is 3.17. The van der Waals surface area contributed by atoms with Gasteiger partial charge in [-0.3, -0.25) is 0 Å². The van der Waals surface area contributed by atoms with Crippen LogP contribution in [0.5, 0.6) is 0 Å². The fourth-order valence-electron chi connectivity index (χ4n) is 3.17. The van der Waals surface area contributed by atoms with Gasteiger partial charge in [-0.2, -0.15) is 26.3 Å². The van der Waals surface area contributed by atoms with E-state index in [1.807, 2.05) is 0 Å². The average molecular weight is 489 g/mol. The van der Waals surface area contributed by atoms with Crippen molar-refractivity contribution in [1.82, 2.24) is 4.98 Å². The summed E-state index contributed by atoms with van der Waals surface area (Å²) in [4.78, 5) is 14.4. The molecule has 0 radical (unpaired) electrons. The van der Waals surface area contributed by atoms with E-state index in [1.54, 1.807) is 4.90 Å². The number of aromatic nitrogens is 1. The number of halogens is 9. The van der Waals surface area contributed by atoms with Crippen molar-refractivity contribution < 1.29 is 49.4 Å². The Balaban J connectivity index is 0.000000479. The van der Waals surface area contributed by atoms with Crippen LogP contribution in [-0.2, 0) is 11.0 Å². The molecule has 14 heteroatoms. The van der Waals surface area contributed by atoms with E-state index in [2.05, 4.69) is 4.98 Å². The van der Waals surface area contributed by atoms with Gasteiger partial charge in [-0.1, -0.05) is 0 Å². The third-order valence-corrected chi connectivity index (χ3v) is 4.74. The molecule has 0 aliphatic carbocycles. The molecule has 0 unspecified atom stereocenters. The molecular weight excluding hydrogens is 473 g/mol. The molecule has 2 heterocycles. The maximum atomic E-state index is 14.0. The minimum atomic E-state index is -5.08. The number of hydrogen-bond acceptors (Lipinski definition) is 4. The van der Waals surface area contributed by atoms with Crippen LogP contribution in [0.2, 0.25) is 0 Å². The summed E-state index contributed by atoms with van der Waals surface area (Å²) < 4.78 is 111. The number of nitrogens with two attached hydrogens (primary N) is 1. The molecule has 1 aromatic heterocycles. The SMILES string of the molecule is N[C@H]1CN(c2cc(C(F)(F)F)ccn2)CC[C@@H]1c1cc(F)c(F)cc1F.O=C(O)C(F)(F)F. The Morgan fingerprint density at radius 3 is 2.12 bits per heavy atom. The average Bonchev–Trinajstić information content (AvgIpc) is 2.70. The molecule has 2 atom stereocenters. The molecule has 0 amide bonds. The molecule has 2 aromatic rings. The van der Waals surface area contributed by atoms with Gasteiger partial charge in [0.15, 0.2) is 11.6 Å². The first kappa shape index (κ1) is 26.2. The summed E-state index contributed by atoms with van der Waals surface area (Å²) in [7, 11) is 0. The largest absolute Gasteiger partial charge is 0.490 e. The number of rotatable bonds is 2. The highest BCUT2D eigenvalue weighted by molar-refractivity contribution is 5.73. The first-order valence-electron chi connectivity index (χ1n) is 9.09. The maximum absolute atomic E-state index is 14.0. The van der Waals surface area contributed by atoms with Gasteiger partial charge < -0.3 is 15.7 Å². The first-order valence-corrected chi connectivity index (χ1v) is 9.09. The standard InChI is InChI=1S/C17H15F6N3.C2HF3O2/c18-12-7-14(20)13(19)6-11(12)10-2-4-26(8-15(10)24)16-5-9(1-3-25-16)17(21,22)23;3-2(4,5)1(6)7/h1,3,5-7,10,15H,2,4,8,24H2;(H,6,7)/t10-,15+;/m1./s1. The summed E-state index contributed by atoms with van der Waals surface area (Å²) in [6, 6.07) is 2.36. The lowest BCUT2D eigenvalue weighted by molar-refractivity contribution is -0.192. The van der Waals surface area contributed by atoms with Crippen molar-refractivity contribution in [2.75, 3.05) is 18.0 Å². The van der Waals surface area contributed by atoms with Gasteiger partial charge in [-0.15, -0.1) is 0 Å². The van der Waals surface area contributed by atoms with E-state index in [0.717, 1.165) is 24.4 Å². The van der Waals surface area contributed by atoms with Gasteiger partial charge in [-0.25, -0.2) is 22.9 Å². The zero-order valence-electron chi connectivity index (χ0n) is 16.4. The van der Waals surface area contributed by atoms with Gasteiger partial charge in [0.05, 0.1) is 5.56 Å². The van der Waals surface area contributed by atoms with Gasteiger partial charge in [0.25, 0.3) is 0 Å². The third-order valence-electron chi connectivity index (χ3n) is 4.74. The molecule has 33 heavy (non-hydrogen) atoms. The lowest BCUT2D eigenvalue weighted by atomic mass is 9.85. The van der Waals surface area contributed by atoms with Crippen LogP contribution in [0.3, 0.4) is 0 Å². The van der Waals surface area contributed by atoms with Crippen molar-refractivity contribution in [3.8, 4) is 0 Å². The number of hydrogen-bond donors (Lipinski definition) is 2. The molecular formula is C19H16F9N3O2. The van der Waals surface area contributed by atoms with E-state index in [-0.39, 0.29) is 30.9 Å². The Labute approximate surface area is 180 Å². The second-order valence-corrected chi connectivity index (χ2v) is 7.00. The highest BCUT2D eigenvalue weighted by Crippen LogP contribution is 2.34.